The van der Waals surface area contributed by atoms with Crippen LogP contribution in [-0.2, 0) is 19.6 Å². The van der Waals surface area contributed by atoms with Crippen LogP contribution in [0.2, 0.25) is 0 Å². The molecule has 96 valence electrons. The van der Waals surface area contributed by atoms with Gasteiger partial charge in [-0.3, -0.25) is 0 Å². The van der Waals surface area contributed by atoms with Gasteiger partial charge in [-0.15, -0.1) is 0 Å². The molecule has 0 aliphatic carbocycles. The summed E-state index contributed by atoms with van der Waals surface area (Å²) in [5.74, 6) is 1.87. The van der Waals surface area contributed by atoms with Gasteiger partial charge in [-0.1, -0.05) is 13.8 Å². The van der Waals surface area contributed by atoms with Crippen LogP contribution in [0, 0.1) is 5.92 Å². The summed E-state index contributed by atoms with van der Waals surface area (Å²) >= 11 is 0. The van der Waals surface area contributed by atoms with E-state index >= 15 is 0 Å². The number of imidazole rings is 1. The van der Waals surface area contributed by atoms with Gasteiger partial charge in [0.1, 0.15) is 5.82 Å². The Labute approximate surface area is 103 Å². The highest BCUT2D eigenvalue weighted by Gasteiger charge is 2.25. The zero-order valence-corrected chi connectivity index (χ0v) is 10.8. The van der Waals surface area contributed by atoms with Crippen molar-refractivity contribution in [1.82, 2.24) is 9.55 Å². The lowest BCUT2D eigenvalue weighted by atomic mass is 9.95. The third kappa shape index (κ3) is 2.24. The number of hydrogen-bond donors (Lipinski definition) is 2. The summed E-state index contributed by atoms with van der Waals surface area (Å²) in [5.41, 5.74) is 7.96. The maximum absolute atomic E-state index is 9.39. The van der Waals surface area contributed by atoms with Crippen molar-refractivity contribution in [2.75, 3.05) is 6.54 Å². The molecular weight excluding hydrogens is 214 g/mol. The molecule has 1 aliphatic heterocycles. The van der Waals surface area contributed by atoms with E-state index in [0.717, 1.165) is 24.5 Å². The van der Waals surface area contributed by atoms with Gasteiger partial charge in [0.05, 0.1) is 12.3 Å². The van der Waals surface area contributed by atoms with Gasteiger partial charge in [0, 0.05) is 24.7 Å². The fourth-order valence-electron chi connectivity index (χ4n) is 2.73. The van der Waals surface area contributed by atoms with E-state index in [1.54, 1.807) is 0 Å². The summed E-state index contributed by atoms with van der Waals surface area (Å²) in [4.78, 5) is 4.64. The van der Waals surface area contributed by atoms with Crippen molar-refractivity contribution in [2.24, 2.45) is 11.7 Å². The quantitative estimate of drug-likeness (QED) is 0.832. The predicted molar refractivity (Wildman–Crippen MR) is 67.7 cm³/mol. The second-order valence-electron chi connectivity index (χ2n) is 5.22. The molecule has 0 aromatic carbocycles. The lowest BCUT2D eigenvalue weighted by Crippen LogP contribution is -2.23. The molecule has 0 amide bonds. The summed E-state index contributed by atoms with van der Waals surface area (Å²) in [7, 11) is 0. The number of fused-ring (bicyclic) bond motifs is 1. The third-order valence-corrected chi connectivity index (χ3v) is 3.77. The Hall–Kier alpha value is -0.870. The Balaban J connectivity index is 2.42. The maximum Gasteiger partial charge on any atom is 0.113 e. The molecule has 17 heavy (non-hydrogen) atoms. The monoisotopic (exact) mass is 237 g/mol. The highest BCUT2D eigenvalue weighted by molar-refractivity contribution is 5.21. The molecule has 0 saturated heterocycles. The topological polar surface area (TPSA) is 64.1 Å². The SMILES string of the molecule is CC(C)C(CN)c1nc(CO)c2n1CCCC2. The summed E-state index contributed by atoms with van der Waals surface area (Å²) in [6, 6.07) is 0. The molecule has 1 unspecified atom stereocenters. The molecule has 0 fully saturated rings. The highest BCUT2D eigenvalue weighted by atomic mass is 16.3. The van der Waals surface area contributed by atoms with Crippen LogP contribution < -0.4 is 5.73 Å². The van der Waals surface area contributed by atoms with E-state index < -0.39 is 0 Å². The predicted octanol–water partition coefficient (Wildman–Crippen LogP) is 1.41. The molecule has 4 heteroatoms. The van der Waals surface area contributed by atoms with Crippen LogP contribution in [0.3, 0.4) is 0 Å². The van der Waals surface area contributed by atoms with Gasteiger partial charge < -0.3 is 15.4 Å². The van der Waals surface area contributed by atoms with Crippen LogP contribution in [-0.4, -0.2) is 21.2 Å². The van der Waals surface area contributed by atoms with Gasteiger partial charge in [-0.2, -0.15) is 0 Å². The molecule has 4 nitrogen and oxygen atoms in total. The Morgan fingerprint density at radius 1 is 1.41 bits per heavy atom. The number of nitrogens with two attached hydrogens (primary N) is 1. The number of rotatable bonds is 4. The molecular formula is C13H23N3O. The van der Waals surface area contributed by atoms with Crippen molar-refractivity contribution in [3.63, 3.8) is 0 Å². The largest absolute Gasteiger partial charge is 0.390 e. The standard InChI is InChI=1S/C13H23N3O/c1-9(2)10(7-14)13-15-11(8-17)12-5-3-4-6-16(12)13/h9-10,17H,3-8,14H2,1-2H3. The van der Waals surface area contributed by atoms with Crippen LogP contribution in [0.1, 0.15) is 49.8 Å². The average molecular weight is 237 g/mol. The Kier molecular flexibility index (Phi) is 3.84. The second kappa shape index (κ2) is 5.19. The number of nitrogens with zero attached hydrogens (tertiary/aromatic N) is 2. The minimum atomic E-state index is 0.0463. The first-order valence-electron chi connectivity index (χ1n) is 6.58. The van der Waals surface area contributed by atoms with E-state index in [9.17, 15) is 5.11 Å². The molecule has 3 N–H and O–H groups in total. The van der Waals surface area contributed by atoms with Crippen molar-refractivity contribution in [3.05, 3.63) is 17.2 Å². The summed E-state index contributed by atoms with van der Waals surface area (Å²) in [6.45, 7) is 6.06. The van der Waals surface area contributed by atoms with E-state index in [4.69, 9.17) is 5.73 Å². The second-order valence-corrected chi connectivity index (χ2v) is 5.22. The van der Waals surface area contributed by atoms with Crippen LogP contribution in [0.5, 0.6) is 0 Å². The minimum absolute atomic E-state index is 0.0463. The van der Waals surface area contributed by atoms with Gasteiger partial charge in [-0.05, 0) is 25.2 Å². The molecule has 2 rings (SSSR count). The molecule has 1 aromatic heterocycles. The first-order chi connectivity index (χ1) is 8.19. The molecule has 1 atom stereocenters. The van der Waals surface area contributed by atoms with Crippen molar-refractivity contribution < 1.29 is 5.11 Å². The normalized spacial score (nSPS) is 17.2. The Morgan fingerprint density at radius 2 is 2.18 bits per heavy atom. The van der Waals surface area contributed by atoms with Gasteiger partial charge in [0.25, 0.3) is 0 Å². The molecule has 0 spiro atoms. The highest BCUT2D eigenvalue weighted by Crippen LogP contribution is 2.28. The first-order valence-corrected chi connectivity index (χ1v) is 6.58. The van der Waals surface area contributed by atoms with E-state index in [2.05, 4.69) is 23.4 Å². The van der Waals surface area contributed by atoms with E-state index in [0.29, 0.717) is 18.4 Å². The Bertz CT molecular complexity index is 384. The van der Waals surface area contributed by atoms with Gasteiger partial charge in [0.2, 0.25) is 0 Å². The molecule has 1 aromatic rings. The van der Waals surface area contributed by atoms with Crippen LogP contribution >= 0.6 is 0 Å². The van der Waals surface area contributed by atoms with E-state index in [-0.39, 0.29) is 6.61 Å². The van der Waals surface area contributed by atoms with Gasteiger partial charge in [0.15, 0.2) is 0 Å². The smallest absolute Gasteiger partial charge is 0.113 e. The number of aliphatic hydroxyl groups excluding tert-OH is 1. The Morgan fingerprint density at radius 3 is 2.76 bits per heavy atom. The minimum Gasteiger partial charge on any atom is -0.390 e. The van der Waals surface area contributed by atoms with Gasteiger partial charge >= 0.3 is 0 Å². The first kappa shape index (κ1) is 12.6. The van der Waals surface area contributed by atoms with Crippen molar-refractivity contribution in [1.29, 1.82) is 0 Å². The summed E-state index contributed by atoms with van der Waals surface area (Å²) in [5, 5.41) is 9.39. The summed E-state index contributed by atoms with van der Waals surface area (Å²) < 4.78 is 2.30. The van der Waals surface area contributed by atoms with Gasteiger partial charge in [-0.25, -0.2) is 4.98 Å². The van der Waals surface area contributed by atoms with E-state index in [1.807, 2.05) is 0 Å². The van der Waals surface area contributed by atoms with E-state index in [1.165, 1.54) is 18.5 Å². The van der Waals surface area contributed by atoms with Crippen LogP contribution in [0.25, 0.3) is 0 Å². The fourth-order valence-corrected chi connectivity index (χ4v) is 2.73. The number of hydrogen-bond acceptors (Lipinski definition) is 3. The lowest BCUT2D eigenvalue weighted by molar-refractivity contribution is 0.275. The fraction of sp³-hybridized carbons (Fsp3) is 0.769. The summed E-state index contributed by atoms with van der Waals surface area (Å²) in [6.07, 6.45) is 3.45. The maximum atomic E-state index is 9.39. The molecule has 2 heterocycles. The number of aromatic nitrogens is 2. The third-order valence-electron chi connectivity index (χ3n) is 3.77. The molecule has 1 aliphatic rings. The van der Waals surface area contributed by atoms with Crippen molar-refractivity contribution in [2.45, 2.75) is 52.2 Å². The lowest BCUT2D eigenvalue weighted by Gasteiger charge is -2.23. The molecule has 0 saturated carbocycles. The molecule has 0 bridgehead atoms. The molecule has 0 radical (unpaired) electrons. The van der Waals surface area contributed by atoms with Crippen molar-refractivity contribution >= 4 is 0 Å². The zero-order valence-electron chi connectivity index (χ0n) is 10.8. The average Bonchev–Trinajstić information content (AvgIpc) is 2.69. The van der Waals surface area contributed by atoms with Crippen LogP contribution in [0.15, 0.2) is 0 Å². The zero-order chi connectivity index (χ0) is 12.4. The van der Waals surface area contributed by atoms with Crippen LogP contribution in [0.4, 0.5) is 0 Å². The number of aliphatic hydroxyl groups is 1. The van der Waals surface area contributed by atoms with Crippen molar-refractivity contribution in [3.8, 4) is 0 Å².